The first-order valence-corrected chi connectivity index (χ1v) is 8.48. The average Bonchev–Trinajstić information content (AvgIpc) is 2.33. The van der Waals surface area contributed by atoms with E-state index in [0.717, 1.165) is 5.75 Å². The van der Waals surface area contributed by atoms with E-state index >= 15 is 0 Å². The van der Waals surface area contributed by atoms with Gasteiger partial charge < -0.3 is 5.73 Å². The van der Waals surface area contributed by atoms with Gasteiger partial charge in [-0.05, 0) is 24.1 Å². The molecule has 0 radical (unpaired) electrons. The molecule has 2 rings (SSSR count). The van der Waals surface area contributed by atoms with Crippen molar-refractivity contribution < 1.29 is 4.39 Å². The quantitative estimate of drug-likeness (QED) is 0.924. The van der Waals surface area contributed by atoms with E-state index in [0.29, 0.717) is 27.5 Å². The zero-order valence-electron chi connectivity index (χ0n) is 10.2. The summed E-state index contributed by atoms with van der Waals surface area (Å²) in [5, 5.41) is 1.37. The van der Waals surface area contributed by atoms with E-state index in [2.05, 4.69) is 6.92 Å². The predicted molar refractivity (Wildman–Crippen MR) is 81.3 cm³/mol. The number of halogens is 2. The first-order chi connectivity index (χ1) is 8.58. The maximum Gasteiger partial charge on any atom is 0.127 e. The molecule has 0 amide bonds. The summed E-state index contributed by atoms with van der Waals surface area (Å²) in [4.78, 5) is 0. The van der Waals surface area contributed by atoms with Gasteiger partial charge in [0.25, 0.3) is 0 Å². The van der Waals surface area contributed by atoms with Crippen LogP contribution in [0, 0.1) is 5.82 Å². The molecular formula is C13H17ClFNS2. The van der Waals surface area contributed by atoms with Crippen LogP contribution in [0.25, 0.3) is 0 Å². The van der Waals surface area contributed by atoms with Gasteiger partial charge in [-0.3, -0.25) is 0 Å². The van der Waals surface area contributed by atoms with Crippen LogP contribution in [0.2, 0.25) is 5.02 Å². The number of hydrogen-bond donors (Lipinski definition) is 1. The second-order valence-electron chi connectivity index (χ2n) is 4.52. The summed E-state index contributed by atoms with van der Waals surface area (Å²) in [6.07, 6.45) is 0.575. The van der Waals surface area contributed by atoms with Crippen molar-refractivity contribution in [1.29, 1.82) is 0 Å². The molecule has 100 valence electrons. The van der Waals surface area contributed by atoms with Crippen molar-refractivity contribution in [3.05, 3.63) is 34.6 Å². The van der Waals surface area contributed by atoms with E-state index in [-0.39, 0.29) is 11.9 Å². The molecule has 5 heteroatoms. The lowest BCUT2D eigenvalue weighted by Crippen LogP contribution is -2.42. The molecule has 3 atom stereocenters. The lowest BCUT2D eigenvalue weighted by atomic mass is 10.0. The fourth-order valence-corrected chi connectivity index (χ4v) is 5.23. The molecule has 18 heavy (non-hydrogen) atoms. The summed E-state index contributed by atoms with van der Waals surface area (Å²) in [6.45, 7) is 2.21. The molecule has 1 aliphatic heterocycles. The van der Waals surface area contributed by atoms with Crippen LogP contribution in [0.3, 0.4) is 0 Å². The predicted octanol–water partition coefficient (Wildman–Crippen LogP) is 3.59. The molecule has 1 saturated heterocycles. The molecule has 0 saturated carbocycles. The van der Waals surface area contributed by atoms with Crippen molar-refractivity contribution in [2.45, 2.75) is 29.9 Å². The SMILES string of the molecule is CC1SCCSC1C(N)Cc1ccc(Cl)cc1F. The third-order valence-electron chi connectivity index (χ3n) is 3.13. The van der Waals surface area contributed by atoms with Crippen LogP contribution in [0.15, 0.2) is 18.2 Å². The second-order valence-corrected chi connectivity index (χ2v) is 7.72. The highest BCUT2D eigenvalue weighted by Crippen LogP contribution is 2.33. The smallest absolute Gasteiger partial charge is 0.127 e. The van der Waals surface area contributed by atoms with Crippen molar-refractivity contribution in [3.8, 4) is 0 Å². The number of nitrogens with two attached hydrogens (primary N) is 1. The summed E-state index contributed by atoms with van der Waals surface area (Å²) in [6, 6.07) is 4.81. The Morgan fingerprint density at radius 3 is 2.83 bits per heavy atom. The lowest BCUT2D eigenvalue weighted by molar-refractivity contribution is 0.572. The Kier molecular flexibility index (Phi) is 5.24. The number of hydrogen-bond acceptors (Lipinski definition) is 3. The second kappa shape index (κ2) is 6.51. The maximum absolute atomic E-state index is 13.7. The monoisotopic (exact) mass is 305 g/mol. The van der Waals surface area contributed by atoms with Crippen LogP contribution >= 0.6 is 35.1 Å². The molecule has 1 aromatic rings. The highest BCUT2D eigenvalue weighted by molar-refractivity contribution is 8.07. The molecule has 0 spiro atoms. The van der Waals surface area contributed by atoms with Crippen molar-refractivity contribution in [2.75, 3.05) is 11.5 Å². The summed E-state index contributed by atoms with van der Waals surface area (Å²) in [5.74, 6) is 2.07. The summed E-state index contributed by atoms with van der Waals surface area (Å²) >= 11 is 9.62. The normalized spacial score (nSPS) is 26.0. The largest absolute Gasteiger partial charge is 0.326 e. The Bertz CT molecular complexity index is 416. The Hall–Kier alpha value is 0.1000. The van der Waals surface area contributed by atoms with E-state index in [1.807, 2.05) is 23.5 Å². The van der Waals surface area contributed by atoms with E-state index in [1.165, 1.54) is 11.8 Å². The van der Waals surface area contributed by atoms with Crippen molar-refractivity contribution in [1.82, 2.24) is 0 Å². The third-order valence-corrected chi connectivity index (χ3v) is 6.64. The van der Waals surface area contributed by atoms with Crippen LogP contribution in [0.4, 0.5) is 4.39 Å². The van der Waals surface area contributed by atoms with Gasteiger partial charge >= 0.3 is 0 Å². The minimum atomic E-state index is -0.251. The molecule has 1 aromatic carbocycles. The molecule has 0 aromatic heterocycles. The van der Waals surface area contributed by atoms with Crippen molar-refractivity contribution >= 4 is 35.1 Å². The highest BCUT2D eigenvalue weighted by Gasteiger charge is 2.28. The molecule has 0 bridgehead atoms. The van der Waals surface area contributed by atoms with E-state index < -0.39 is 0 Å². The molecule has 1 aliphatic rings. The van der Waals surface area contributed by atoms with Gasteiger partial charge in [-0.2, -0.15) is 23.5 Å². The van der Waals surface area contributed by atoms with Gasteiger partial charge in [-0.25, -0.2) is 4.39 Å². The first-order valence-electron chi connectivity index (χ1n) is 6.00. The van der Waals surface area contributed by atoms with Crippen LogP contribution in [-0.2, 0) is 6.42 Å². The van der Waals surface area contributed by atoms with Gasteiger partial charge in [0.05, 0.1) is 0 Å². The van der Waals surface area contributed by atoms with Gasteiger partial charge in [0, 0.05) is 33.1 Å². The van der Waals surface area contributed by atoms with Crippen LogP contribution in [0.5, 0.6) is 0 Å². The van der Waals surface area contributed by atoms with Gasteiger partial charge in [0.2, 0.25) is 0 Å². The topological polar surface area (TPSA) is 26.0 Å². The summed E-state index contributed by atoms with van der Waals surface area (Å²) in [7, 11) is 0. The molecule has 2 N–H and O–H groups in total. The number of benzene rings is 1. The van der Waals surface area contributed by atoms with Crippen molar-refractivity contribution in [3.63, 3.8) is 0 Å². The zero-order valence-corrected chi connectivity index (χ0v) is 12.6. The van der Waals surface area contributed by atoms with Crippen LogP contribution in [-0.4, -0.2) is 28.0 Å². The van der Waals surface area contributed by atoms with Gasteiger partial charge in [-0.1, -0.05) is 24.6 Å². The number of rotatable bonds is 3. The Morgan fingerprint density at radius 2 is 2.17 bits per heavy atom. The standard InChI is InChI=1S/C13H17ClFNS2/c1-8-13(18-5-4-17-8)12(16)6-9-2-3-10(14)7-11(9)15/h2-3,7-8,12-13H,4-6,16H2,1H3. The molecule has 1 nitrogen and oxygen atoms in total. The Balaban J connectivity index is 2.03. The summed E-state index contributed by atoms with van der Waals surface area (Å²) < 4.78 is 13.7. The highest BCUT2D eigenvalue weighted by atomic mass is 35.5. The fraction of sp³-hybridized carbons (Fsp3) is 0.538. The molecule has 1 heterocycles. The maximum atomic E-state index is 13.7. The van der Waals surface area contributed by atoms with Crippen LogP contribution in [0.1, 0.15) is 12.5 Å². The molecule has 3 unspecified atom stereocenters. The van der Waals surface area contributed by atoms with Gasteiger partial charge in [0.15, 0.2) is 0 Å². The van der Waals surface area contributed by atoms with Gasteiger partial charge in [0.1, 0.15) is 5.82 Å². The zero-order chi connectivity index (χ0) is 13.1. The minimum Gasteiger partial charge on any atom is -0.326 e. The fourth-order valence-electron chi connectivity index (χ4n) is 2.18. The van der Waals surface area contributed by atoms with E-state index in [4.69, 9.17) is 17.3 Å². The van der Waals surface area contributed by atoms with Crippen LogP contribution < -0.4 is 5.73 Å². The average molecular weight is 306 g/mol. The Labute approximate surface area is 121 Å². The molecule has 0 aliphatic carbocycles. The van der Waals surface area contributed by atoms with Gasteiger partial charge in [-0.15, -0.1) is 0 Å². The molecular weight excluding hydrogens is 289 g/mol. The van der Waals surface area contributed by atoms with E-state index in [1.54, 1.807) is 12.1 Å². The Morgan fingerprint density at radius 1 is 1.44 bits per heavy atom. The lowest BCUT2D eigenvalue weighted by Gasteiger charge is -2.32. The first kappa shape index (κ1) is 14.5. The molecule has 1 fully saturated rings. The third kappa shape index (κ3) is 3.56. The van der Waals surface area contributed by atoms with E-state index in [9.17, 15) is 4.39 Å². The summed E-state index contributed by atoms with van der Waals surface area (Å²) in [5.41, 5.74) is 6.91. The number of thioether (sulfide) groups is 2. The minimum absolute atomic E-state index is 0.00604. The van der Waals surface area contributed by atoms with Crippen molar-refractivity contribution in [2.24, 2.45) is 5.73 Å².